The Morgan fingerprint density at radius 2 is 1.82 bits per heavy atom. The molecule has 0 aliphatic rings. The van der Waals surface area contributed by atoms with Gasteiger partial charge in [-0.1, -0.05) is 0 Å². The zero-order chi connectivity index (χ0) is 8.91. The van der Waals surface area contributed by atoms with Crippen LogP contribution in [0.1, 0.15) is 0 Å². The van der Waals surface area contributed by atoms with Gasteiger partial charge >= 0.3 is 0 Å². The summed E-state index contributed by atoms with van der Waals surface area (Å²) in [5, 5.41) is 6.30. The van der Waals surface area contributed by atoms with Crippen LogP contribution in [0.15, 0.2) is 0 Å². The largest absolute Gasteiger partial charge is 0.250 e. The average molecular weight is 183 g/mol. The molecule has 0 unspecified atom stereocenters. The molecule has 0 saturated heterocycles. The predicted octanol–water partition coefficient (Wildman–Crippen LogP) is 0.232. The third-order valence-corrected chi connectivity index (χ3v) is 2.92. The number of hydrogen-bond donors (Lipinski definition) is 0. The lowest BCUT2D eigenvalue weighted by Gasteiger charge is -2.05. The van der Waals surface area contributed by atoms with Crippen molar-refractivity contribution in [1.82, 2.24) is 0 Å². The van der Waals surface area contributed by atoms with Gasteiger partial charge in [-0.15, -0.1) is 0 Å². The quantitative estimate of drug-likeness (QED) is 0.627. The van der Waals surface area contributed by atoms with E-state index >= 15 is 0 Å². The van der Waals surface area contributed by atoms with Gasteiger partial charge < -0.3 is 0 Å². The SMILES string of the molecule is N#CCS(=O)(=O)C(CF)CF. The highest BCUT2D eigenvalue weighted by molar-refractivity contribution is 7.92. The van der Waals surface area contributed by atoms with Crippen molar-refractivity contribution in [2.75, 3.05) is 19.1 Å². The molecule has 0 atom stereocenters. The fourth-order valence-electron chi connectivity index (χ4n) is 0.441. The van der Waals surface area contributed by atoms with Gasteiger partial charge in [-0.3, -0.25) is 0 Å². The maximum atomic E-state index is 11.7. The Bertz CT molecular complexity index is 240. The van der Waals surface area contributed by atoms with Crippen molar-refractivity contribution in [3.8, 4) is 6.07 Å². The molecule has 64 valence electrons. The molecule has 0 amide bonds. The first-order chi connectivity index (χ1) is 5.08. The number of sulfone groups is 1. The number of nitriles is 1. The molecule has 0 spiro atoms. The molecule has 11 heavy (non-hydrogen) atoms. The van der Waals surface area contributed by atoms with Gasteiger partial charge in [-0.05, 0) is 0 Å². The monoisotopic (exact) mass is 183 g/mol. The van der Waals surface area contributed by atoms with Crippen LogP contribution in [0.2, 0.25) is 0 Å². The molecule has 0 radical (unpaired) electrons. The van der Waals surface area contributed by atoms with Gasteiger partial charge in [0.15, 0.2) is 9.84 Å². The Kier molecular flexibility index (Phi) is 3.97. The van der Waals surface area contributed by atoms with E-state index in [9.17, 15) is 17.2 Å². The number of halogens is 2. The van der Waals surface area contributed by atoms with Gasteiger partial charge in [-0.2, -0.15) is 5.26 Å². The van der Waals surface area contributed by atoms with E-state index in [0.29, 0.717) is 0 Å². The van der Waals surface area contributed by atoms with E-state index in [1.807, 2.05) is 0 Å². The van der Waals surface area contributed by atoms with Crippen molar-refractivity contribution in [2.45, 2.75) is 5.25 Å². The first kappa shape index (κ1) is 10.3. The maximum Gasteiger partial charge on any atom is 0.171 e. The molecule has 0 aliphatic carbocycles. The van der Waals surface area contributed by atoms with Crippen molar-refractivity contribution in [3.63, 3.8) is 0 Å². The standard InChI is InChI=1S/C5H7F2NO2S/c6-3-5(4-7)11(9,10)2-1-8/h5H,2-4H2. The van der Waals surface area contributed by atoms with E-state index in [0.717, 1.165) is 0 Å². The summed E-state index contributed by atoms with van der Waals surface area (Å²) in [6, 6.07) is 1.34. The summed E-state index contributed by atoms with van der Waals surface area (Å²) in [7, 11) is -3.88. The van der Waals surface area contributed by atoms with Crippen LogP contribution in [0.25, 0.3) is 0 Å². The molecular formula is C5H7F2NO2S. The van der Waals surface area contributed by atoms with Gasteiger partial charge in [-0.25, -0.2) is 17.2 Å². The second kappa shape index (κ2) is 4.23. The summed E-state index contributed by atoms with van der Waals surface area (Å²) in [6.45, 7) is -2.55. The molecule has 0 aromatic heterocycles. The molecule has 0 aromatic carbocycles. The fourth-order valence-corrected chi connectivity index (χ4v) is 1.24. The molecule has 0 aliphatic heterocycles. The molecule has 0 bridgehead atoms. The van der Waals surface area contributed by atoms with E-state index in [1.165, 1.54) is 6.07 Å². The molecular weight excluding hydrogens is 176 g/mol. The molecule has 0 N–H and O–H groups in total. The van der Waals surface area contributed by atoms with Crippen molar-refractivity contribution in [1.29, 1.82) is 5.26 Å². The Morgan fingerprint density at radius 3 is 2.09 bits per heavy atom. The minimum atomic E-state index is -3.88. The number of alkyl halides is 2. The van der Waals surface area contributed by atoms with Gasteiger partial charge in [0.1, 0.15) is 24.4 Å². The van der Waals surface area contributed by atoms with Crippen molar-refractivity contribution in [3.05, 3.63) is 0 Å². The maximum absolute atomic E-state index is 11.7. The van der Waals surface area contributed by atoms with Gasteiger partial charge in [0.2, 0.25) is 0 Å². The lowest BCUT2D eigenvalue weighted by atomic mass is 10.5. The minimum absolute atomic E-state index is 0.828. The highest BCUT2D eigenvalue weighted by Crippen LogP contribution is 2.03. The second-order valence-electron chi connectivity index (χ2n) is 1.90. The van der Waals surface area contributed by atoms with Gasteiger partial charge in [0.25, 0.3) is 0 Å². The Morgan fingerprint density at radius 1 is 1.36 bits per heavy atom. The van der Waals surface area contributed by atoms with Crippen LogP contribution in [0, 0.1) is 11.3 Å². The van der Waals surface area contributed by atoms with Crippen LogP contribution in [0.3, 0.4) is 0 Å². The number of hydrogen-bond acceptors (Lipinski definition) is 3. The summed E-state index contributed by atoms with van der Waals surface area (Å²) in [5.74, 6) is -0.828. The molecule has 0 fully saturated rings. The first-order valence-corrected chi connectivity index (χ1v) is 4.50. The molecule has 0 aromatic rings. The Balaban J connectivity index is 4.42. The smallest absolute Gasteiger partial charge is 0.171 e. The van der Waals surface area contributed by atoms with Crippen LogP contribution in [-0.4, -0.2) is 32.8 Å². The zero-order valence-corrected chi connectivity index (χ0v) is 6.44. The Hall–Kier alpha value is -0.700. The van der Waals surface area contributed by atoms with E-state index < -0.39 is 34.2 Å². The van der Waals surface area contributed by atoms with Crippen LogP contribution in [0.5, 0.6) is 0 Å². The Labute approximate surface area is 63.5 Å². The highest BCUT2D eigenvalue weighted by atomic mass is 32.2. The fraction of sp³-hybridized carbons (Fsp3) is 0.800. The third kappa shape index (κ3) is 2.80. The molecule has 0 saturated carbocycles. The van der Waals surface area contributed by atoms with E-state index in [4.69, 9.17) is 5.26 Å². The summed E-state index contributed by atoms with van der Waals surface area (Å²) in [4.78, 5) is 0. The first-order valence-electron chi connectivity index (χ1n) is 2.79. The van der Waals surface area contributed by atoms with E-state index in [2.05, 4.69) is 0 Å². The van der Waals surface area contributed by atoms with E-state index in [1.54, 1.807) is 0 Å². The number of rotatable bonds is 4. The number of nitrogens with zero attached hydrogens (tertiary/aromatic N) is 1. The summed E-state index contributed by atoms with van der Waals surface area (Å²) in [6.07, 6.45) is 0. The van der Waals surface area contributed by atoms with E-state index in [-0.39, 0.29) is 0 Å². The van der Waals surface area contributed by atoms with Crippen molar-refractivity contribution in [2.24, 2.45) is 0 Å². The average Bonchev–Trinajstić information content (AvgIpc) is 1.89. The molecule has 0 heterocycles. The van der Waals surface area contributed by atoms with Gasteiger partial charge in [0.05, 0.1) is 6.07 Å². The van der Waals surface area contributed by atoms with Crippen molar-refractivity contribution >= 4 is 9.84 Å². The van der Waals surface area contributed by atoms with Gasteiger partial charge in [0, 0.05) is 0 Å². The molecule has 6 heteroatoms. The van der Waals surface area contributed by atoms with Crippen LogP contribution in [-0.2, 0) is 9.84 Å². The zero-order valence-electron chi connectivity index (χ0n) is 5.63. The summed E-state index contributed by atoms with van der Waals surface area (Å²) < 4.78 is 44.9. The second-order valence-corrected chi connectivity index (χ2v) is 4.18. The highest BCUT2D eigenvalue weighted by Gasteiger charge is 2.24. The summed E-state index contributed by atoms with van der Waals surface area (Å²) in [5.41, 5.74) is 0. The summed E-state index contributed by atoms with van der Waals surface area (Å²) >= 11 is 0. The molecule has 3 nitrogen and oxygen atoms in total. The van der Waals surface area contributed by atoms with Crippen molar-refractivity contribution < 1.29 is 17.2 Å². The third-order valence-electron chi connectivity index (χ3n) is 1.12. The normalized spacial score (nSPS) is 11.5. The minimum Gasteiger partial charge on any atom is -0.250 e. The topological polar surface area (TPSA) is 57.9 Å². The van der Waals surface area contributed by atoms with Crippen LogP contribution in [0.4, 0.5) is 8.78 Å². The predicted molar refractivity (Wildman–Crippen MR) is 35.1 cm³/mol. The lowest BCUT2D eigenvalue weighted by Crippen LogP contribution is -2.27. The van der Waals surface area contributed by atoms with Crippen LogP contribution < -0.4 is 0 Å². The lowest BCUT2D eigenvalue weighted by molar-refractivity contribution is 0.394. The molecule has 0 rings (SSSR count). The van der Waals surface area contributed by atoms with Crippen LogP contribution >= 0.6 is 0 Å².